The molecule has 0 aliphatic carbocycles. The van der Waals surface area contributed by atoms with E-state index < -0.39 is 12.1 Å². The quantitative estimate of drug-likeness (QED) is 0.563. The number of carbonyl (C=O) groups is 1. The molecule has 1 aliphatic rings. The molecular formula is C24H19N3O3. The molecule has 6 heteroatoms. The number of aliphatic hydroxyl groups excluding tert-OH is 1. The molecule has 0 unspecified atom stereocenters. The molecule has 0 bridgehead atoms. The predicted molar refractivity (Wildman–Crippen MR) is 114 cm³/mol. The van der Waals surface area contributed by atoms with Gasteiger partial charge in [-0.05, 0) is 29.8 Å². The highest BCUT2D eigenvalue weighted by molar-refractivity contribution is 5.98. The molecule has 0 saturated heterocycles. The maximum atomic E-state index is 13.5. The van der Waals surface area contributed by atoms with Gasteiger partial charge in [0, 0.05) is 7.05 Å². The van der Waals surface area contributed by atoms with E-state index in [9.17, 15) is 14.7 Å². The number of amides is 1. The van der Waals surface area contributed by atoms with Crippen molar-refractivity contribution in [2.45, 2.75) is 12.1 Å². The average Bonchev–Trinajstić information content (AvgIpc) is 2.88. The van der Waals surface area contributed by atoms with E-state index in [1.54, 1.807) is 61.6 Å². The van der Waals surface area contributed by atoms with Gasteiger partial charge in [-0.1, -0.05) is 54.6 Å². The Morgan fingerprint density at radius 2 is 1.57 bits per heavy atom. The summed E-state index contributed by atoms with van der Waals surface area (Å²) in [5.74, 6) is 0.0513. The molecule has 0 spiro atoms. The van der Waals surface area contributed by atoms with Crippen molar-refractivity contribution in [2.24, 2.45) is 0 Å². The Morgan fingerprint density at radius 3 is 2.37 bits per heavy atom. The molecule has 1 N–H and O–H groups in total. The summed E-state index contributed by atoms with van der Waals surface area (Å²) < 4.78 is 1.47. The first kappa shape index (κ1) is 18.3. The minimum absolute atomic E-state index is 0.267. The number of nitrogens with zero attached hydrogens (tertiary/aromatic N) is 3. The summed E-state index contributed by atoms with van der Waals surface area (Å²) >= 11 is 0. The summed E-state index contributed by atoms with van der Waals surface area (Å²) in [6, 6.07) is 22.3. The summed E-state index contributed by atoms with van der Waals surface area (Å²) in [4.78, 5) is 33.1. The molecule has 2 heterocycles. The van der Waals surface area contributed by atoms with E-state index in [0.717, 1.165) is 0 Å². The second-order valence-corrected chi connectivity index (χ2v) is 7.36. The third-order valence-corrected chi connectivity index (χ3v) is 5.62. The van der Waals surface area contributed by atoms with Crippen LogP contribution in [0, 0.1) is 0 Å². The monoisotopic (exact) mass is 397 g/mol. The number of hydrogen-bond acceptors (Lipinski definition) is 4. The fraction of sp³-hybridized carbons (Fsp3) is 0.125. The first-order valence-corrected chi connectivity index (χ1v) is 9.69. The maximum absolute atomic E-state index is 13.5. The van der Waals surface area contributed by atoms with Crippen molar-refractivity contribution in [3.63, 3.8) is 0 Å². The third-order valence-electron chi connectivity index (χ3n) is 5.62. The van der Waals surface area contributed by atoms with Crippen LogP contribution in [-0.4, -0.2) is 32.5 Å². The van der Waals surface area contributed by atoms with Gasteiger partial charge in [0.15, 0.2) is 0 Å². The lowest BCUT2D eigenvalue weighted by Crippen LogP contribution is -2.36. The van der Waals surface area contributed by atoms with Gasteiger partial charge < -0.3 is 10.0 Å². The molecule has 5 rings (SSSR count). The van der Waals surface area contributed by atoms with E-state index >= 15 is 0 Å². The van der Waals surface area contributed by atoms with Crippen LogP contribution in [0.4, 0.5) is 0 Å². The summed E-state index contributed by atoms with van der Waals surface area (Å²) in [5.41, 5.74) is 1.76. The molecule has 2 atom stereocenters. The van der Waals surface area contributed by atoms with Crippen molar-refractivity contribution in [2.75, 3.05) is 7.05 Å². The molecule has 6 nitrogen and oxygen atoms in total. The van der Waals surface area contributed by atoms with Gasteiger partial charge in [-0.15, -0.1) is 0 Å². The Hall–Kier alpha value is -3.77. The fourth-order valence-corrected chi connectivity index (χ4v) is 4.11. The van der Waals surface area contributed by atoms with Crippen LogP contribution in [0.1, 0.15) is 33.9 Å². The van der Waals surface area contributed by atoms with Gasteiger partial charge >= 0.3 is 0 Å². The molecular weight excluding hydrogens is 378 g/mol. The molecule has 0 saturated carbocycles. The lowest BCUT2D eigenvalue weighted by atomic mass is 10.00. The van der Waals surface area contributed by atoms with Crippen LogP contribution in [-0.2, 0) is 0 Å². The molecule has 1 aromatic heterocycles. The molecule has 1 aliphatic heterocycles. The van der Waals surface area contributed by atoms with Gasteiger partial charge in [0.25, 0.3) is 11.5 Å². The maximum Gasteiger partial charge on any atom is 0.266 e. The van der Waals surface area contributed by atoms with E-state index in [2.05, 4.69) is 0 Å². The van der Waals surface area contributed by atoms with E-state index in [-0.39, 0.29) is 11.5 Å². The second-order valence-electron chi connectivity index (χ2n) is 7.36. The molecule has 3 aromatic carbocycles. The SMILES string of the molecule is CN1C(=O)c2ccccc2-n2c(nc3ccccc3c2=O)[C@H]1[C@H](O)c1ccccc1. The van der Waals surface area contributed by atoms with Crippen molar-refractivity contribution in [3.8, 4) is 5.69 Å². The van der Waals surface area contributed by atoms with Crippen LogP contribution >= 0.6 is 0 Å². The molecule has 1 amide bonds. The molecule has 148 valence electrons. The number of para-hydroxylation sites is 2. The van der Waals surface area contributed by atoms with E-state index in [4.69, 9.17) is 4.98 Å². The molecule has 4 aromatic rings. The van der Waals surface area contributed by atoms with Gasteiger partial charge in [0.05, 0.1) is 22.2 Å². The smallest absolute Gasteiger partial charge is 0.266 e. The van der Waals surface area contributed by atoms with Crippen LogP contribution in [0.25, 0.3) is 16.6 Å². The van der Waals surface area contributed by atoms with Gasteiger partial charge in [-0.25, -0.2) is 4.98 Å². The van der Waals surface area contributed by atoms with Crippen molar-refractivity contribution in [1.29, 1.82) is 0 Å². The zero-order chi connectivity index (χ0) is 20.8. The fourth-order valence-electron chi connectivity index (χ4n) is 4.11. The molecule has 0 radical (unpaired) electrons. The van der Waals surface area contributed by atoms with Gasteiger partial charge in [0.2, 0.25) is 0 Å². The van der Waals surface area contributed by atoms with E-state index in [1.165, 1.54) is 9.47 Å². The first-order chi connectivity index (χ1) is 14.6. The lowest BCUT2D eigenvalue weighted by Gasteiger charge is -2.30. The summed E-state index contributed by atoms with van der Waals surface area (Å²) in [7, 11) is 1.63. The van der Waals surface area contributed by atoms with Crippen molar-refractivity contribution in [1.82, 2.24) is 14.5 Å². The average molecular weight is 397 g/mol. The topological polar surface area (TPSA) is 75.4 Å². The Balaban J connectivity index is 1.87. The number of aliphatic hydroxyl groups is 1. The first-order valence-electron chi connectivity index (χ1n) is 9.69. The van der Waals surface area contributed by atoms with E-state index in [0.29, 0.717) is 33.5 Å². The van der Waals surface area contributed by atoms with Gasteiger partial charge in [-0.3, -0.25) is 14.2 Å². The van der Waals surface area contributed by atoms with Crippen molar-refractivity contribution < 1.29 is 9.90 Å². The van der Waals surface area contributed by atoms with Crippen LogP contribution in [0.3, 0.4) is 0 Å². The third kappa shape index (κ3) is 2.65. The number of carbonyl (C=O) groups excluding carboxylic acids is 1. The Labute approximate surface area is 172 Å². The van der Waals surface area contributed by atoms with Crippen LogP contribution in [0.5, 0.6) is 0 Å². The highest BCUT2D eigenvalue weighted by Gasteiger charge is 2.38. The number of benzene rings is 3. The number of hydrogen-bond donors (Lipinski definition) is 1. The molecule has 30 heavy (non-hydrogen) atoms. The van der Waals surface area contributed by atoms with Crippen LogP contribution in [0.15, 0.2) is 83.7 Å². The zero-order valence-electron chi connectivity index (χ0n) is 16.3. The summed E-state index contributed by atoms with van der Waals surface area (Å²) in [6.07, 6.45) is -1.06. The lowest BCUT2D eigenvalue weighted by molar-refractivity contribution is 0.0413. The molecule has 0 fully saturated rings. The predicted octanol–water partition coefficient (Wildman–Crippen LogP) is 3.25. The minimum Gasteiger partial charge on any atom is -0.386 e. The summed E-state index contributed by atoms with van der Waals surface area (Å²) in [6.45, 7) is 0. The highest BCUT2D eigenvalue weighted by Crippen LogP contribution is 2.37. The largest absolute Gasteiger partial charge is 0.386 e. The Morgan fingerprint density at radius 1 is 0.900 bits per heavy atom. The number of aromatic nitrogens is 2. The van der Waals surface area contributed by atoms with E-state index in [1.807, 2.05) is 24.3 Å². The van der Waals surface area contributed by atoms with Gasteiger partial charge in [0.1, 0.15) is 18.0 Å². The van der Waals surface area contributed by atoms with Gasteiger partial charge in [-0.2, -0.15) is 0 Å². The zero-order valence-corrected chi connectivity index (χ0v) is 16.3. The highest BCUT2D eigenvalue weighted by atomic mass is 16.3. The number of fused-ring (bicyclic) bond motifs is 4. The standard InChI is InChI=1S/C24H19N3O3/c1-26-20(21(28)15-9-3-2-4-10-15)22-25-18-13-7-5-11-16(18)24(30)27(22)19-14-8-6-12-17(19)23(26)29/h2-14,20-21,28H,1H3/t20-,21-/m1/s1. The van der Waals surface area contributed by atoms with Crippen molar-refractivity contribution >= 4 is 16.8 Å². The Bertz CT molecular complexity index is 1330. The second kappa shape index (κ2) is 6.93. The number of likely N-dealkylation sites (N-methyl/N-ethyl adjacent to an activating group) is 1. The minimum atomic E-state index is -1.06. The van der Waals surface area contributed by atoms with Crippen LogP contribution < -0.4 is 5.56 Å². The normalized spacial score (nSPS) is 16.7. The van der Waals surface area contributed by atoms with Crippen molar-refractivity contribution in [3.05, 3.63) is 106 Å². The number of rotatable bonds is 2. The van der Waals surface area contributed by atoms with Crippen LogP contribution in [0.2, 0.25) is 0 Å². The Kier molecular flexibility index (Phi) is 4.22. The summed E-state index contributed by atoms with van der Waals surface area (Å²) in [5, 5.41) is 11.8.